The predicted molar refractivity (Wildman–Crippen MR) is 49.5 cm³/mol. The highest BCUT2D eigenvalue weighted by Gasteiger charge is 2.24. The zero-order valence-corrected chi connectivity index (χ0v) is 7.58. The molecule has 0 spiro atoms. The molecule has 3 nitrogen and oxygen atoms in total. The molecule has 0 aromatic carbocycles. The summed E-state index contributed by atoms with van der Waals surface area (Å²) in [5.74, 6) is -0.0498. The number of nitrogens with one attached hydrogen (secondary N) is 1. The number of amides is 1. The Kier molecular flexibility index (Phi) is 2.00. The first-order valence-corrected chi connectivity index (χ1v) is 4.50. The maximum absolute atomic E-state index is 11.5. The number of rotatable bonds is 2. The Bertz CT molecular complexity index is 331. The summed E-state index contributed by atoms with van der Waals surface area (Å²) in [6.07, 6.45) is 2.22. The molecule has 13 heavy (non-hydrogen) atoms. The minimum atomic E-state index is -0.0498. The zero-order chi connectivity index (χ0) is 9.26. The number of hydrogen-bond donors (Lipinski definition) is 1. The van der Waals surface area contributed by atoms with E-state index in [2.05, 4.69) is 10.3 Å². The molecule has 0 unspecified atom stereocenters. The molecule has 2 rings (SSSR count). The molecular formula is C10H12N2O. The van der Waals surface area contributed by atoms with Crippen molar-refractivity contribution in [2.75, 3.05) is 0 Å². The number of aromatic nitrogens is 1. The Morgan fingerprint density at radius 2 is 2.31 bits per heavy atom. The predicted octanol–water partition coefficient (Wildman–Crippen LogP) is 1.28. The lowest BCUT2D eigenvalue weighted by Crippen LogP contribution is -2.26. The van der Waals surface area contributed by atoms with Crippen molar-refractivity contribution in [2.24, 2.45) is 0 Å². The number of aryl methyl sites for hydroxylation is 1. The van der Waals surface area contributed by atoms with Gasteiger partial charge < -0.3 is 5.32 Å². The first-order valence-electron chi connectivity index (χ1n) is 4.50. The molecule has 1 heterocycles. The summed E-state index contributed by atoms with van der Waals surface area (Å²) in [5, 5.41) is 2.90. The lowest BCUT2D eigenvalue weighted by atomic mass is 10.3. The fourth-order valence-electron chi connectivity index (χ4n) is 1.16. The fraction of sp³-hybridized carbons (Fsp3) is 0.400. The third kappa shape index (κ3) is 2.05. The molecule has 0 radical (unpaired) electrons. The topological polar surface area (TPSA) is 42.0 Å². The Morgan fingerprint density at radius 1 is 1.54 bits per heavy atom. The van der Waals surface area contributed by atoms with Gasteiger partial charge in [0, 0.05) is 11.7 Å². The molecule has 68 valence electrons. The summed E-state index contributed by atoms with van der Waals surface area (Å²) in [4.78, 5) is 15.6. The molecule has 1 amide bonds. The van der Waals surface area contributed by atoms with Crippen LogP contribution in [-0.4, -0.2) is 16.9 Å². The second kappa shape index (κ2) is 3.17. The van der Waals surface area contributed by atoms with Crippen LogP contribution in [0.25, 0.3) is 0 Å². The molecule has 1 aromatic rings. The van der Waals surface area contributed by atoms with Crippen LogP contribution in [-0.2, 0) is 0 Å². The van der Waals surface area contributed by atoms with Crippen molar-refractivity contribution < 1.29 is 4.79 Å². The van der Waals surface area contributed by atoms with Gasteiger partial charge in [-0.1, -0.05) is 6.07 Å². The highest BCUT2D eigenvalue weighted by molar-refractivity contribution is 5.92. The van der Waals surface area contributed by atoms with Gasteiger partial charge in [0.15, 0.2) is 0 Å². The number of carbonyl (C=O) groups is 1. The van der Waals surface area contributed by atoms with E-state index in [0.29, 0.717) is 11.7 Å². The smallest absolute Gasteiger partial charge is 0.270 e. The number of nitrogens with zero attached hydrogens (tertiary/aromatic N) is 1. The molecule has 1 aromatic heterocycles. The van der Waals surface area contributed by atoms with Crippen molar-refractivity contribution in [1.82, 2.24) is 10.3 Å². The Hall–Kier alpha value is -1.38. The Morgan fingerprint density at radius 3 is 2.92 bits per heavy atom. The van der Waals surface area contributed by atoms with E-state index in [-0.39, 0.29) is 5.91 Å². The molecule has 1 fully saturated rings. The van der Waals surface area contributed by atoms with Crippen LogP contribution in [0.2, 0.25) is 0 Å². The van der Waals surface area contributed by atoms with Crippen molar-refractivity contribution >= 4 is 5.91 Å². The minimum absolute atomic E-state index is 0.0498. The van der Waals surface area contributed by atoms with E-state index in [4.69, 9.17) is 0 Å². The van der Waals surface area contributed by atoms with Gasteiger partial charge in [0.1, 0.15) is 5.69 Å². The molecule has 0 saturated heterocycles. The van der Waals surface area contributed by atoms with E-state index >= 15 is 0 Å². The van der Waals surface area contributed by atoms with E-state index in [1.165, 1.54) is 0 Å². The van der Waals surface area contributed by atoms with Gasteiger partial charge in [-0.25, -0.2) is 4.98 Å². The summed E-state index contributed by atoms with van der Waals surface area (Å²) < 4.78 is 0. The minimum Gasteiger partial charge on any atom is -0.348 e. The molecule has 1 aliphatic rings. The maximum atomic E-state index is 11.5. The monoisotopic (exact) mass is 176 g/mol. The lowest BCUT2D eigenvalue weighted by molar-refractivity contribution is 0.0946. The summed E-state index contributed by atoms with van der Waals surface area (Å²) in [6, 6.07) is 5.87. The highest BCUT2D eigenvalue weighted by Crippen LogP contribution is 2.18. The van der Waals surface area contributed by atoms with Crippen LogP contribution in [0.3, 0.4) is 0 Å². The van der Waals surface area contributed by atoms with Crippen LogP contribution in [0.1, 0.15) is 29.0 Å². The van der Waals surface area contributed by atoms with E-state index < -0.39 is 0 Å². The molecule has 0 bridgehead atoms. The van der Waals surface area contributed by atoms with Crippen LogP contribution < -0.4 is 5.32 Å². The maximum Gasteiger partial charge on any atom is 0.270 e. The van der Waals surface area contributed by atoms with Gasteiger partial charge in [-0.3, -0.25) is 4.79 Å². The van der Waals surface area contributed by atoms with Gasteiger partial charge in [0.2, 0.25) is 0 Å². The van der Waals surface area contributed by atoms with Gasteiger partial charge in [-0.05, 0) is 31.9 Å². The molecule has 1 saturated carbocycles. The number of hydrogen-bond acceptors (Lipinski definition) is 2. The third-order valence-corrected chi connectivity index (χ3v) is 2.03. The Labute approximate surface area is 77.2 Å². The van der Waals surface area contributed by atoms with Crippen LogP contribution >= 0.6 is 0 Å². The number of pyridine rings is 1. The van der Waals surface area contributed by atoms with Crippen molar-refractivity contribution in [1.29, 1.82) is 0 Å². The van der Waals surface area contributed by atoms with Crippen molar-refractivity contribution in [3.63, 3.8) is 0 Å². The van der Waals surface area contributed by atoms with Crippen molar-refractivity contribution in [3.8, 4) is 0 Å². The summed E-state index contributed by atoms with van der Waals surface area (Å²) in [7, 11) is 0. The van der Waals surface area contributed by atoms with Gasteiger partial charge in [-0.15, -0.1) is 0 Å². The summed E-state index contributed by atoms with van der Waals surface area (Å²) >= 11 is 0. The van der Waals surface area contributed by atoms with Gasteiger partial charge in [0.05, 0.1) is 0 Å². The Balaban J connectivity index is 2.09. The SMILES string of the molecule is Cc1cccc(C(=O)NC2CC2)n1. The molecule has 0 aliphatic heterocycles. The largest absolute Gasteiger partial charge is 0.348 e. The van der Waals surface area contributed by atoms with Crippen LogP contribution in [0.4, 0.5) is 0 Å². The van der Waals surface area contributed by atoms with E-state index in [1.54, 1.807) is 6.07 Å². The lowest BCUT2D eigenvalue weighted by Gasteiger charge is -2.02. The normalized spacial score (nSPS) is 15.5. The van der Waals surface area contributed by atoms with Crippen LogP contribution in [0, 0.1) is 6.92 Å². The van der Waals surface area contributed by atoms with E-state index in [9.17, 15) is 4.79 Å². The first kappa shape index (κ1) is 8.23. The van der Waals surface area contributed by atoms with Gasteiger partial charge >= 0.3 is 0 Å². The molecule has 1 N–H and O–H groups in total. The second-order valence-electron chi connectivity index (χ2n) is 3.41. The fourth-order valence-corrected chi connectivity index (χ4v) is 1.16. The molecule has 0 atom stereocenters. The summed E-state index contributed by atoms with van der Waals surface area (Å²) in [6.45, 7) is 1.88. The summed E-state index contributed by atoms with van der Waals surface area (Å²) in [5.41, 5.74) is 1.40. The van der Waals surface area contributed by atoms with Gasteiger partial charge in [0.25, 0.3) is 5.91 Å². The quantitative estimate of drug-likeness (QED) is 0.737. The first-order chi connectivity index (χ1) is 6.25. The standard InChI is InChI=1S/C10H12N2O/c1-7-3-2-4-9(11-7)10(13)12-8-5-6-8/h2-4,8H,5-6H2,1H3,(H,12,13). The molecule has 3 heteroatoms. The number of carbonyl (C=O) groups excluding carboxylic acids is 1. The van der Waals surface area contributed by atoms with Crippen LogP contribution in [0.5, 0.6) is 0 Å². The van der Waals surface area contributed by atoms with E-state index in [0.717, 1.165) is 18.5 Å². The van der Waals surface area contributed by atoms with E-state index in [1.807, 2.05) is 19.1 Å². The zero-order valence-electron chi connectivity index (χ0n) is 7.58. The van der Waals surface area contributed by atoms with Crippen molar-refractivity contribution in [2.45, 2.75) is 25.8 Å². The molecular weight excluding hydrogens is 164 g/mol. The third-order valence-electron chi connectivity index (χ3n) is 2.03. The highest BCUT2D eigenvalue weighted by atomic mass is 16.2. The average molecular weight is 176 g/mol. The van der Waals surface area contributed by atoms with Crippen molar-refractivity contribution in [3.05, 3.63) is 29.6 Å². The molecule has 1 aliphatic carbocycles. The second-order valence-corrected chi connectivity index (χ2v) is 3.41. The van der Waals surface area contributed by atoms with Crippen LogP contribution in [0.15, 0.2) is 18.2 Å². The van der Waals surface area contributed by atoms with Gasteiger partial charge in [-0.2, -0.15) is 0 Å². The average Bonchev–Trinajstić information content (AvgIpc) is 2.88.